The predicted octanol–water partition coefficient (Wildman–Crippen LogP) is 2.50. The number of benzene rings is 1. The molecule has 0 bridgehead atoms. The molecule has 0 aliphatic heterocycles. The molecule has 0 spiro atoms. The van der Waals surface area contributed by atoms with E-state index in [0.717, 1.165) is 18.5 Å². The summed E-state index contributed by atoms with van der Waals surface area (Å²) in [5, 5.41) is 10.7. The summed E-state index contributed by atoms with van der Waals surface area (Å²) >= 11 is 0. The Bertz CT molecular complexity index is 833. The zero-order valence-corrected chi connectivity index (χ0v) is 15.9. The average Bonchev–Trinajstić information content (AvgIpc) is 3.53. The van der Waals surface area contributed by atoms with Crippen LogP contribution in [-0.4, -0.2) is 45.3 Å². The van der Waals surface area contributed by atoms with Crippen LogP contribution in [-0.2, 0) is 20.3 Å². The Hall–Kier alpha value is -2.45. The lowest BCUT2D eigenvalue weighted by molar-refractivity contribution is -0.110. The Balaban J connectivity index is 1.57. The standard InChI is InChI=1S/C19H22N4O3S/c1-26-9-2-10-27(25)15-7-5-14(6-8-15)18(20)19(24)23-17-12-21-16(11-22-17)13-3-4-13/h5-8,11-13,20H,2-4,9-10H2,1H3,(H,22,23,24). The van der Waals surface area contributed by atoms with Gasteiger partial charge in [-0.2, -0.15) is 0 Å². The molecular weight excluding hydrogens is 364 g/mol. The molecule has 8 heteroatoms. The summed E-state index contributed by atoms with van der Waals surface area (Å²) in [7, 11) is 0.493. The molecule has 1 amide bonds. The summed E-state index contributed by atoms with van der Waals surface area (Å²) in [4.78, 5) is 21.4. The first kappa shape index (κ1) is 19.3. The predicted molar refractivity (Wildman–Crippen MR) is 104 cm³/mol. The van der Waals surface area contributed by atoms with Crippen molar-refractivity contribution in [2.24, 2.45) is 0 Å². The van der Waals surface area contributed by atoms with E-state index in [-0.39, 0.29) is 5.71 Å². The normalized spacial score (nSPS) is 14.6. The van der Waals surface area contributed by atoms with Gasteiger partial charge in [0.2, 0.25) is 0 Å². The van der Waals surface area contributed by atoms with E-state index in [2.05, 4.69) is 15.3 Å². The fourth-order valence-corrected chi connectivity index (χ4v) is 3.58. The van der Waals surface area contributed by atoms with E-state index in [1.165, 1.54) is 6.20 Å². The molecule has 1 saturated carbocycles. The summed E-state index contributed by atoms with van der Waals surface area (Å²) in [6.07, 6.45) is 6.18. The summed E-state index contributed by atoms with van der Waals surface area (Å²) in [5.74, 6) is 0.780. The fourth-order valence-electron chi connectivity index (χ4n) is 2.53. The number of aromatic nitrogens is 2. The van der Waals surface area contributed by atoms with Crippen molar-refractivity contribution in [2.45, 2.75) is 30.1 Å². The zero-order chi connectivity index (χ0) is 19.2. The van der Waals surface area contributed by atoms with E-state index in [0.29, 0.717) is 41.0 Å². The first-order valence-electron chi connectivity index (χ1n) is 8.78. The highest BCUT2D eigenvalue weighted by Gasteiger charge is 2.25. The number of methoxy groups -OCH3 is 1. The van der Waals surface area contributed by atoms with Gasteiger partial charge in [0.15, 0.2) is 5.82 Å². The SMILES string of the molecule is COCCCS(=O)c1ccc(C(=N)C(=O)Nc2cnc(C3CC3)cn2)cc1. The molecular formula is C19H22N4O3S. The third-order valence-electron chi connectivity index (χ3n) is 4.22. The van der Waals surface area contributed by atoms with Crippen molar-refractivity contribution in [3.05, 3.63) is 47.9 Å². The molecule has 0 saturated heterocycles. The highest BCUT2D eigenvalue weighted by molar-refractivity contribution is 7.85. The molecule has 1 aromatic heterocycles. The third-order valence-corrected chi connectivity index (χ3v) is 5.68. The van der Waals surface area contributed by atoms with Crippen molar-refractivity contribution < 1.29 is 13.7 Å². The molecule has 1 aromatic carbocycles. The minimum absolute atomic E-state index is 0.181. The smallest absolute Gasteiger partial charge is 0.275 e. The minimum atomic E-state index is -1.12. The maximum Gasteiger partial charge on any atom is 0.275 e. The molecule has 1 heterocycles. The van der Waals surface area contributed by atoms with Gasteiger partial charge in [-0.1, -0.05) is 12.1 Å². The number of rotatable bonds is 9. The number of carbonyl (C=O) groups excluding carboxylic acids is 1. The maximum absolute atomic E-state index is 12.3. The van der Waals surface area contributed by atoms with Crippen molar-refractivity contribution in [3.63, 3.8) is 0 Å². The lowest BCUT2D eigenvalue weighted by Gasteiger charge is -2.07. The van der Waals surface area contributed by atoms with E-state index in [1.807, 2.05) is 0 Å². The van der Waals surface area contributed by atoms with Gasteiger partial charge in [-0.15, -0.1) is 0 Å². The number of anilines is 1. The number of carbonyl (C=O) groups is 1. The van der Waals surface area contributed by atoms with Gasteiger partial charge in [0.05, 0.1) is 28.9 Å². The molecule has 2 aromatic rings. The number of amides is 1. The lowest BCUT2D eigenvalue weighted by atomic mass is 10.1. The van der Waals surface area contributed by atoms with Crippen LogP contribution in [0.2, 0.25) is 0 Å². The van der Waals surface area contributed by atoms with Crippen LogP contribution in [0.15, 0.2) is 41.6 Å². The average molecular weight is 386 g/mol. The molecule has 3 rings (SSSR count). The van der Waals surface area contributed by atoms with Gasteiger partial charge in [0.25, 0.3) is 5.91 Å². The quantitative estimate of drug-likeness (QED) is 0.509. The van der Waals surface area contributed by atoms with Gasteiger partial charge in [-0.3, -0.25) is 19.4 Å². The Morgan fingerprint density at radius 2 is 2.00 bits per heavy atom. The summed E-state index contributed by atoms with van der Waals surface area (Å²) < 4.78 is 17.1. The second-order valence-corrected chi connectivity index (χ2v) is 7.92. The number of hydrogen-bond donors (Lipinski definition) is 2. The third kappa shape index (κ3) is 5.27. The second kappa shape index (κ2) is 8.96. The molecule has 2 N–H and O–H groups in total. The molecule has 1 fully saturated rings. The highest BCUT2D eigenvalue weighted by Crippen LogP contribution is 2.38. The van der Waals surface area contributed by atoms with E-state index >= 15 is 0 Å². The van der Waals surface area contributed by atoms with Gasteiger partial charge >= 0.3 is 0 Å². The van der Waals surface area contributed by atoms with Gasteiger partial charge in [-0.25, -0.2) is 4.98 Å². The zero-order valence-electron chi connectivity index (χ0n) is 15.1. The topological polar surface area (TPSA) is 105 Å². The number of nitrogens with one attached hydrogen (secondary N) is 2. The van der Waals surface area contributed by atoms with Gasteiger partial charge < -0.3 is 10.1 Å². The summed E-state index contributed by atoms with van der Waals surface area (Å²) in [5.41, 5.74) is 1.21. The van der Waals surface area contributed by atoms with Crippen LogP contribution >= 0.6 is 0 Å². The monoisotopic (exact) mass is 386 g/mol. The van der Waals surface area contributed by atoms with Gasteiger partial charge in [0.1, 0.15) is 5.71 Å². The molecule has 1 atom stereocenters. The summed E-state index contributed by atoms with van der Waals surface area (Å²) in [6.45, 7) is 0.569. The lowest BCUT2D eigenvalue weighted by Crippen LogP contribution is -2.23. The van der Waals surface area contributed by atoms with Crippen LogP contribution in [0.1, 0.15) is 36.4 Å². The van der Waals surface area contributed by atoms with E-state index in [1.54, 1.807) is 37.6 Å². The minimum Gasteiger partial charge on any atom is -0.385 e. The van der Waals surface area contributed by atoms with Crippen LogP contribution in [0, 0.1) is 5.41 Å². The van der Waals surface area contributed by atoms with Crippen molar-refractivity contribution >= 4 is 28.2 Å². The van der Waals surface area contributed by atoms with E-state index < -0.39 is 16.7 Å². The Morgan fingerprint density at radius 1 is 1.26 bits per heavy atom. The molecule has 1 aliphatic carbocycles. The van der Waals surface area contributed by atoms with Crippen molar-refractivity contribution in [1.82, 2.24) is 9.97 Å². The molecule has 1 aliphatic rings. The molecule has 7 nitrogen and oxygen atoms in total. The number of ether oxygens (including phenoxy) is 1. The molecule has 0 radical (unpaired) electrons. The van der Waals surface area contributed by atoms with Crippen molar-refractivity contribution in [1.29, 1.82) is 5.41 Å². The largest absolute Gasteiger partial charge is 0.385 e. The van der Waals surface area contributed by atoms with E-state index in [4.69, 9.17) is 10.1 Å². The fraction of sp³-hybridized carbons (Fsp3) is 0.368. The Kier molecular flexibility index (Phi) is 6.41. The first-order chi connectivity index (χ1) is 13.1. The number of nitrogens with zero attached hydrogens (tertiary/aromatic N) is 2. The van der Waals surface area contributed by atoms with Gasteiger partial charge in [0, 0.05) is 35.8 Å². The van der Waals surface area contributed by atoms with Crippen LogP contribution in [0.5, 0.6) is 0 Å². The molecule has 1 unspecified atom stereocenters. The molecule has 27 heavy (non-hydrogen) atoms. The summed E-state index contributed by atoms with van der Waals surface area (Å²) in [6, 6.07) is 6.63. The van der Waals surface area contributed by atoms with E-state index in [9.17, 15) is 9.00 Å². The van der Waals surface area contributed by atoms with Crippen LogP contribution in [0.25, 0.3) is 0 Å². The Morgan fingerprint density at radius 3 is 2.59 bits per heavy atom. The van der Waals surface area contributed by atoms with Crippen molar-refractivity contribution in [3.8, 4) is 0 Å². The van der Waals surface area contributed by atoms with Crippen LogP contribution < -0.4 is 5.32 Å². The number of hydrogen-bond acceptors (Lipinski definition) is 6. The highest BCUT2D eigenvalue weighted by atomic mass is 32.2. The maximum atomic E-state index is 12.3. The first-order valence-corrected chi connectivity index (χ1v) is 10.1. The Labute approximate surface area is 160 Å². The van der Waals surface area contributed by atoms with Crippen LogP contribution in [0.4, 0.5) is 5.82 Å². The second-order valence-electron chi connectivity index (χ2n) is 6.35. The molecule has 142 valence electrons. The van der Waals surface area contributed by atoms with Gasteiger partial charge in [-0.05, 0) is 31.4 Å². The van der Waals surface area contributed by atoms with Crippen molar-refractivity contribution in [2.75, 3.05) is 24.8 Å². The van der Waals surface area contributed by atoms with Crippen LogP contribution in [0.3, 0.4) is 0 Å².